The van der Waals surface area contributed by atoms with Gasteiger partial charge >= 0.3 is 0 Å². The smallest absolute Gasteiger partial charge is 0.160 e. The summed E-state index contributed by atoms with van der Waals surface area (Å²) >= 11 is 5.97. The molecular weight excluding hydrogens is 274 g/mol. The SMILES string of the molecule is Cc1ccccc1-c1nc2cc(Cl)cnc2n1CCO. The van der Waals surface area contributed by atoms with Crippen molar-refractivity contribution in [1.82, 2.24) is 14.5 Å². The van der Waals surface area contributed by atoms with Crippen molar-refractivity contribution in [2.45, 2.75) is 13.5 Å². The van der Waals surface area contributed by atoms with Gasteiger partial charge in [0.1, 0.15) is 11.3 Å². The van der Waals surface area contributed by atoms with Crippen LogP contribution in [0.5, 0.6) is 0 Å². The predicted octanol–water partition coefficient (Wildman–Crippen LogP) is 3.05. The van der Waals surface area contributed by atoms with E-state index in [4.69, 9.17) is 11.6 Å². The number of aliphatic hydroxyl groups is 1. The van der Waals surface area contributed by atoms with Gasteiger partial charge in [0, 0.05) is 18.3 Å². The summed E-state index contributed by atoms with van der Waals surface area (Å²) in [5, 5.41) is 9.85. The second kappa shape index (κ2) is 5.23. The third kappa shape index (κ3) is 2.17. The maximum Gasteiger partial charge on any atom is 0.160 e. The molecule has 0 aliphatic rings. The van der Waals surface area contributed by atoms with E-state index in [2.05, 4.69) is 9.97 Å². The Balaban J connectivity index is 2.29. The van der Waals surface area contributed by atoms with E-state index in [1.807, 2.05) is 35.8 Å². The first-order valence-corrected chi connectivity index (χ1v) is 6.77. The molecule has 0 aliphatic carbocycles. The maximum atomic E-state index is 9.29. The zero-order chi connectivity index (χ0) is 14.1. The molecule has 3 aromatic rings. The zero-order valence-electron chi connectivity index (χ0n) is 11.0. The van der Waals surface area contributed by atoms with Gasteiger partial charge in [0.25, 0.3) is 0 Å². The Morgan fingerprint density at radius 1 is 1.30 bits per heavy atom. The fourth-order valence-electron chi connectivity index (χ4n) is 2.33. The molecular formula is C15H14ClN3O. The van der Waals surface area contributed by atoms with Crippen LogP contribution in [0.15, 0.2) is 36.5 Å². The van der Waals surface area contributed by atoms with Gasteiger partial charge in [0.05, 0.1) is 11.6 Å². The number of aromatic nitrogens is 3. The number of nitrogens with zero attached hydrogens (tertiary/aromatic N) is 3. The van der Waals surface area contributed by atoms with Gasteiger partial charge in [0.2, 0.25) is 0 Å². The highest BCUT2D eigenvalue weighted by Crippen LogP contribution is 2.27. The quantitative estimate of drug-likeness (QED) is 0.805. The largest absolute Gasteiger partial charge is 0.395 e. The number of hydrogen-bond acceptors (Lipinski definition) is 3. The van der Waals surface area contributed by atoms with Crippen molar-refractivity contribution in [3.63, 3.8) is 0 Å². The van der Waals surface area contributed by atoms with Crippen molar-refractivity contribution in [3.05, 3.63) is 47.1 Å². The van der Waals surface area contributed by atoms with Gasteiger partial charge in [0.15, 0.2) is 5.65 Å². The van der Waals surface area contributed by atoms with E-state index in [1.54, 1.807) is 12.3 Å². The summed E-state index contributed by atoms with van der Waals surface area (Å²) < 4.78 is 1.92. The number of aryl methyl sites for hydroxylation is 1. The minimum atomic E-state index is 0.0364. The molecule has 4 nitrogen and oxygen atoms in total. The number of benzene rings is 1. The van der Waals surface area contributed by atoms with Crippen molar-refractivity contribution < 1.29 is 5.11 Å². The Morgan fingerprint density at radius 3 is 2.85 bits per heavy atom. The van der Waals surface area contributed by atoms with Crippen LogP contribution in [-0.4, -0.2) is 26.2 Å². The van der Waals surface area contributed by atoms with Crippen molar-refractivity contribution >= 4 is 22.8 Å². The number of imidazole rings is 1. The van der Waals surface area contributed by atoms with E-state index in [-0.39, 0.29) is 6.61 Å². The number of halogens is 1. The van der Waals surface area contributed by atoms with Crippen LogP contribution in [-0.2, 0) is 6.54 Å². The van der Waals surface area contributed by atoms with E-state index < -0.39 is 0 Å². The monoisotopic (exact) mass is 287 g/mol. The van der Waals surface area contributed by atoms with Crippen molar-refractivity contribution in [2.24, 2.45) is 0 Å². The predicted molar refractivity (Wildman–Crippen MR) is 79.8 cm³/mol. The van der Waals surface area contributed by atoms with Gasteiger partial charge in [-0.1, -0.05) is 35.9 Å². The van der Waals surface area contributed by atoms with Gasteiger partial charge in [-0.25, -0.2) is 9.97 Å². The maximum absolute atomic E-state index is 9.29. The molecule has 1 N–H and O–H groups in total. The molecule has 0 unspecified atom stereocenters. The summed E-state index contributed by atoms with van der Waals surface area (Å²) in [6, 6.07) is 9.82. The third-order valence-electron chi connectivity index (χ3n) is 3.26. The fourth-order valence-corrected chi connectivity index (χ4v) is 2.48. The molecule has 1 aromatic carbocycles. The summed E-state index contributed by atoms with van der Waals surface area (Å²) in [7, 11) is 0. The number of fused-ring (bicyclic) bond motifs is 1. The second-order valence-electron chi connectivity index (χ2n) is 4.62. The summed E-state index contributed by atoms with van der Waals surface area (Å²) in [4.78, 5) is 8.96. The Hall–Kier alpha value is -1.91. The molecule has 2 heterocycles. The summed E-state index contributed by atoms with van der Waals surface area (Å²) in [6.07, 6.45) is 1.60. The molecule has 0 radical (unpaired) electrons. The Bertz CT molecular complexity index is 767. The van der Waals surface area contributed by atoms with Gasteiger partial charge in [-0.05, 0) is 18.6 Å². The molecule has 0 saturated heterocycles. The van der Waals surface area contributed by atoms with Crippen LogP contribution in [0, 0.1) is 6.92 Å². The molecule has 0 fully saturated rings. The van der Waals surface area contributed by atoms with Crippen LogP contribution in [0.25, 0.3) is 22.6 Å². The summed E-state index contributed by atoms with van der Waals surface area (Å²) in [5.41, 5.74) is 3.65. The summed E-state index contributed by atoms with van der Waals surface area (Å²) in [5.74, 6) is 0.807. The lowest BCUT2D eigenvalue weighted by Crippen LogP contribution is -2.05. The van der Waals surface area contributed by atoms with Crippen LogP contribution in [0.4, 0.5) is 0 Å². The normalized spacial score (nSPS) is 11.2. The number of pyridine rings is 1. The van der Waals surface area contributed by atoms with Crippen LogP contribution in [0.3, 0.4) is 0 Å². The first-order chi connectivity index (χ1) is 9.70. The fraction of sp³-hybridized carbons (Fsp3) is 0.200. The molecule has 3 rings (SSSR count). The van der Waals surface area contributed by atoms with Crippen molar-refractivity contribution in [3.8, 4) is 11.4 Å². The molecule has 0 aliphatic heterocycles. The molecule has 20 heavy (non-hydrogen) atoms. The lowest BCUT2D eigenvalue weighted by atomic mass is 10.1. The molecule has 102 valence electrons. The molecule has 0 saturated carbocycles. The topological polar surface area (TPSA) is 50.9 Å². The number of hydrogen-bond donors (Lipinski definition) is 1. The Morgan fingerprint density at radius 2 is 2.10 bits per heavy atom. The Kier molecular flexibility index (Phi) is 3.42. The minimum Gasteiger partial charge on any atom is -0.395 e. The van der Waals surface area contributed by atoms with Crippen molar-refractivity contribution in [1.29, 1.82) is 0 Å². The minimum absolute atomic E-state index is 0.0364. The van der Waals surface area contributed by atoms with Crippen LogP contribution < -0.4 is 0 Å². The van der Waals surface area contributed by atoms with E-state index in [0.29, 0.717) is 11.6 Å². The van der Waals surface area contributed by atoms with E-state index in [9.17, 15) is 5.11 Å². The van der Waals surface area contributed by atoms with E-state index in [1.165, 1.54) is 0 Å². The molecule has 0 amide bonds. The molecule has 0 bridgehead atoms. The standard InChI is InChI=1S/C15H14ClN3O/c1-10-4-2-3-5-12(10)14-18-13-8-11(16)9-17-15(13)19(14)6-7-20/h2-5,8-9,20H,6-7H2,1H3. The molecule has 0 atom stereocenters. The third-order valence-corrected chi connectivity index (χ3v) is 3.47. The lowest BCUT2D eigenvalue weighted by Gasteiger charge is -2.08. The van der Waals surface area contributed by atoms with Crippen LogP contribution in [0.2, 0.25) is 5.02 Å². The van der Waals surface area contributed by atoms with Crippen molar-refractivity contribution in [2.75, 3.05) is 6.61 Å². The molecule has 0 spiro atoms. The van der Waals surface area contributed by atoms with E-state index in [0.717, 1.165) is 28.1 Å². The highest BCUT2D eigenvalue weighted by atomic mass is 35.5. The number of aliphatic hydroxyl groups excluding tert-OH is 1. The van der Waals surface area contributed by atoms with E-state index >= 15 is 0 Å². The van der Waals surface area contributed by atoms with Crippen LogP contribution in [0.1, 0.15) is 5.56 Å². The zero-order valence-corrected chi connectivity index (χ0v) is 11.8. The number of rotatable bonds is 3. The second-order valence-corrected chi connectivity index (χ2v) is 5.06. The Labute approximate surface area is 121 Å². The average Bonchev–Trinajstić information content (AvgIpc) is 2.77. The summed E-state index contributed by atoms with van der Waals surface area (Å²) in [6.45, 7) is 2.53. The van der Waals surface area contributed by atoms with Crippen LogP contribution >= 0.6 is 11.6 Å². The van der Waals surface area contributed by atoms with Gasteiger partial charge < -0.3 is 9.67 Å². The average molecular weight is 288 g/mol. The first kappa shape index (κ1) is 13.1. The molecule has 5 heteroatoms. The first-order valence-electron chi connectivity index (χ1n) is 6.39. The van der Waals surface area contributed by atoms with Gasteiger partial charge in [-0.3, -0.25) is 0 Å². The van der Waals surface area contributed by atoms with Gasteiger partial charge in [-0.15, -0.1) is 0 Å². The lowest BCUT2D eigenvalue weighted by molar-refractivity contribution is 0.278. The highest BCUT2D eigenvalue weighted by Gasteiger charge is 2.14. The molecule has 2 aromatic heterocycles. The van der Waals surface area contributed by atoms with Gasteiger partial charge in [-0.2, -0.15) is 0 Å². The highest BCUT2D eigenvalue weighted by molar-refractivity contribution is 6.31.